The van der Waals surface area contributed by atoms with Gasteiger partial charge in [0.2, 0.25) is 5.89 Å². The third kappa shape index (κ3) is 5.85. The molecule has 0 unspecified atom stereocenters. The van der Waals surface area contributed by atoms with Gasteiger partial charge in [-0.15, -0.1) is 11.3 Å². The van der Waals surface area contributed by atoms with Crippen molar-refractivity contribution in [3.8, 4) is 16.5 Å². The molecule has 178 valence electrons. The summed E-state index contributed by atoms with van der Waals surface area (Å²) in [5, 5.41) is 1.20. The van der Waals surface area contributed by atoms with E-state index in [1.807, 2.05) is 50.2 Å². The van der Waals surface area contributed by atoms with Gasteiger partial charge in [0.1, 0.15) is 11.5 Å². The van der Waals surface area contributed by atoms with Crippen molar-refractivity contribution in [1.82, 2.24) is 4.98 Å². The SMILES string of the molecule is CCOC(=O)[C@@H](Cc1ccc(OCCc2nc(-c3cc4ccccc4s3)oc2C)cc1)OCC. The highest BCUT2D eigenvalue weighted by molar-refractivity contribution is 7.22. The zero-order valence-corrected chi connectivity index (χ0v) is 20.5. The molecule has 7 heteroatoms. The van der Waals surface area contributed by atoms with Gasteiger partial charge in [-0.25, -0.2) is 9.78 Å². The van der Waals surface area contributed by atoms with Crippen LogP contribution in [0.2, 0.25) is 0 Å². The minimum absolute atomic E-state index is 0.331. The molecule has 0 spiro atoms. The number of carbonyl (C=O) groups is 1. The molecular weight excluding hydrogens is 450 g/mol. The van der Waals surface area contributed by atoms with Crippen LogP contribution in [0.5, 0.6) is 5.75 Å². The van der Waals surface area contributed by atoms with Crippen LogP contribution in [0.25, 0.3) is 20.9 Å². The van der Waals surface area contributed by atoms with E-state index in [2.05, 4.69) is 18.2 Å². The largest absolute Gasteiger partial charge is 0.493 e. The van der Waals surface area contributed by atoms with Crippen LogP contribution in [0.4, 0.5) is 0 Å². The second-order valence-corrected chi connectivity index (χ2v) is 8.90. The molecule has 6 nitrogen and oxygen atoms in total. The zero-order valence-electron chi connectivity index (χ0n) is 19.7. The first-order valence-electron chi connectivity index (χ1n) is 11.5. The molecule has 2 aromatic heterocycles. The third-order valence-corrected chi connectivity index (χ3v) is 6.50. The van der Waals surface area contributed by atoms with Gasteiger partial charge in [0.25, 0.3) is 0 Å². The van der Waals surface area contributed by atoms with Crippen LogP contribution >= 0.6 is 11.3 Å². The lowest BCUT2D eigenvalue weighted by atomic mass is 10.1. The van der Waals surface area contributed by atoms with Crippen LogP contribution in [-0.4, -0.2) is 36.9 Å². The molecule has 0 N–H and O–H groups in total. The fraction of sp³-hybridized carbons (Fsp3) is 0.333. The first-order valence-corrected chi connectivity index (χ1v) is 12.3. The third-order valence-electron chi connectivity index (χ3n) is 5.40. The van der Waals surface area contributed by atoms with Gasteiger partial charge >= 0.3 is 5.97 Å². The Kier molecular flexibility index (Phi) is 7.98. The Morgan fingerprint density at radius 2 is 1.88 bits per heavy atom. The minimum atomic E-state index is -0.595. The van der Waals surface area contributed by atoms with Gasteiger partial charge in [0, 0.05) is 24.1 Å². The molecule has 4 rings (SSSR count). The van der Waals surface area contributed by atoms with E-state index in [-0.39, 0.29) is 5.97 Å². The molecule has 0 fully saturated rings. The normalized spacial score (nSPS) is 12.1. The van der Waals surface area contributed by atoms with E-state index >= 15 is 0 Å². The van der Waals surface area contributed by atoms with Crippen molar-refractivity contribution in [2.45, 2.75) is 39.7 Å². The molecule has 0 bridgehead atoms. The minimum Gasteiger partial charge on any atom is -0.493 e. The maximum Gasteiger partial charge on any atom is 0.335 e. The van der Waals surface area contributed by atoms with Crippen LogP contribution in [0, 0.1) is 6.92 Å². The summed E-state index contributed by atoms with van der Waals surface area (Å²) in [6.07, 6.45) is 0.519. The monoisotopic (exact) mass is 479 g/mol. The second kappa shape index (κ2) is 11.3. The molecule has 0 saturated heterocycles. The average molecular weight is 480 g/mol. The summed E-state index contributed by atoms with van der Waals surface area (Å²) in [5.74, 6) is 1.90. The molecule has 0 saturated carbocycles. The molecule has 34 heavy (non-hydrogen) atoms. The van der Waals surface area contributed by atoms with E-state index in [1.165, 1.54) is 10.1 Å². The van der Waals surface area contributed by atoms with Gasteiger partial charge in [-0.05, 0) is 56.0 Å². The van der Waals surface area contributed by atoms with E-state index in [0.717, 1.165) is 27.6 Å². The van der Waals surface area contributed by atoms with Gasteiger partial charge in [-0.2, -0.15) is 0 Å². The summed E-state index contributed by atoms with van der Waals surface area (Å²) in [5.41, 5.74) is 1.89. The van der Waals surface area contributed by atoms with Crippen LogP contribution < -0.4 is 4.74 Å². The van der Waals surface area contributed by atoms with E-state index in [1.54, 1.807) is 18.3 Å². The molecule has 0 aliphatic carbocycles. The Balaban J connectivity index is 1.32. The number of hydrogen-bond donors (Lipinski definition) is 0. The number of nitrogens with zero attached hydrogens (tertiary/aromatic N) is 1. The zero-order chi connectivity index (χ0) is 23.9. The highest BCUT2D eigenvalue weighted by Gasteiger charge is 2.20. The summed E-state index contributed by atoms with van der Waals surface area (Å²) in [7, 11) is 0. The summed E-state index contributed by atoms with van der Waals surface area (Å²) in [6, 6.07) is 18.1. The molecule has 0 aliphatic heterocycles. The van der Waals surface area contributed by atoms with Crippen LogP contribution in [0.1, 0.15) is 30.9 Å². The number of hydrogen-bond acceptors (Lipinski definition) is 7. The molecule has 0 aliphatic rings. The van der Waals surface area contributed by atoms with E-state index in [9.17, 15) is 4.79 Å². The number of aryl methyl sites for hydroxylation is 1. The molecule has 0 amide bonds. The number of fused-ring (bicyclic) bond motifs is 1. The lowest BCUT2D eigenvalue weighted by Gasteiger charge is -2.15. The highest BCUT2D eigenvalue weighted by Crippen LogP contribution is 2.33. The molecular formula is C27H29NO5S. The summed E-state index contributed by atoms with van der Waals surface area (Å²) in [6.45, 7) is 6.88. The number of carbonyl (C=O) groups excluding carboxylic acids is 1. The quantitative estimate of drug-likeness (QED) is 0.246. The number of esters is 1. The summed E-state index contributed by atoms with van der Waals surface area (Å²) < 4.78 is 23.7. The van der Waals surface area contributed by atoms with Crippen molar-refractivity contribution in [2.75, 3.05) is 19.8 Å². The van der Waals surface area contributed by atoms with Crippen LogP contribution in [0.15, 0.2) is 59.0 Å². The van der Waals surface area contributed by atoms with Crippen molar-refractivity contribution < 1.29 is 23.4 Å². The van der Waals surface area contributed by atoms with E-state index < -0.39 is 6.10 Å². The maximum atomic E-state index is 12.1. The van der Waals surface area contributed by atoms with Crippen molar-refractivity contribution in [2.24, 2.45) is 0 Å². The van der Waals surface area contributed by atoms with E-state index in [4.69, 9.17) is 23.6 Å². The van der Waals surface area contributed by atoms with Crippen molar-refractivity contribution in [3.05, 3.63) is 71.6 Å². The van der Waals surface area contributed by atoms with Gasteiger partial charge in [-0.3, -0.25) is 0 Å². The second-order valence-electron chi connectivity index (χ2n) is 7.81. The van der Waals surface area contributed by atoms with Crippen LogP contribution in [0.3, 0.4) is 0 Å². The predicted molar refractivity (Wildman–Crippen MR) is 133 cm³/mol. The van der Waals surface area contributed by atoms with Crippen LogP contribution in [-0.2, 0) is 27.1 Å². The Morgan fingerprint density at radius 1 is 1.09 bits per heavy atom. The van der Waals surface area contributed by atoms with Crippen molar-refractivity contribution in [1.29, 1.82) is 0 Å². The van der Waals surface area contributed by atoms with Crippen molar-refractivity contribution >= 4 is 27.4 Å². The molecule has 2 heterocycles. The standard InChI is InChI=1S/C27H29NO5S/c1-4-30-23(27(29)31-5-2)16-19-10-12-21(13-11-19)32-15-14-22-18(3)33-26(28-22)25-17-20-8-6-7-9-24(20)34-25/h6-13,17,23H,4-5,14-16H2,1-3H3/t23-/m1/s1. The fourth-order valence-corrected chi connectivity index (χ4v) is 4.69. The van der Waals surface area contributed by atoms with Gasteiger partial charge in [0.15, 0.2) is 6.10 Å². The van der Waals surface area contributed by atoms with E-state index in [0.29, 0.717) is 38.6 Å². The van der Waals surface area contributed by atoms with Gasteiger partial charge in [-0.1, -0.05) is 30.3 Å². The first kappa shape index (κ1) is 24.0. The number of rotatable bonds is 11. The molecule has 1 atom stereocenters. The number of thiophene rings is 1. The Bertz CT molecular complexity index is 1190. The molecule has 2 aromatic carbocycles. The smallest absolute Gasteiger partial charge is 0.335 e. The maximum absolute atomic E-state index is 12.1. The number of oxazole rings is 1. The summed E-state index contributed by atoms with van der Waals surface area (Å²) >= 11 is 1.68. The first-order chi connectivity index (χ1) is 16.6. The molecule has 0 radical (unpaired) electrons. The Morgan fingerprint density at radius 3 is 2.62 bits per heavy atom. The number of benzene rings is 2. The predicted octanol–water partition coefficient (Wildman–Crippen LogP) is 6.00. The van der Waals surface area contributed by atoms with Gasteiger partial charge in [0.05, 0.1) is 23.8 Å². The summed E-state index contributed by atoms with van der Waals surface area (Å²) in [4.78, 5) is 17.8. The molecule has 4 aromatic rings. The fourth-order valence-electron chi connectivity index (χ4n) is 3.70. The number of aromatic nitrogens is 1. The lowest BCUT2D eigenvalue weighted by molar-refractivity contribution is -0.156. The topological polar surface area (TPSA) is 70.8 Å². The highest BCUT2D eigenvalue weighted by atomic mass is 32.1. The number of ether oxygens (including phenoxy) is 3. The van der Waals surface area contributed by atoms with Crippen molar-refractivity contribution in [3.63, 3.8) is 0 Å². The lowest BCUT2D eigenvalue weighted by Crippen LogP contribution is -2.28. The van der Waals surface area contributed by atoms with Gasteiger partial charge < -0.3 is 18.6 Å². The average Bonchev–Trinajstić information content (AvgIpc) is 3.43. The Labute approximate surface area is 203 Å². The Hall–Kier alpha value is -3.16.